The van der Waals surface area contributed by atoms with Gasteiger partial charge in [-0.05, 0) is 0 Å². The second-order valence-corrected chi connectivity index (χ2v) is 2.07. The van der Waals surface area contributed by atoms with Gasteiger partial charge in [-0.2, -0.15) is 9.15 Å². The van der Waals surface area contributed by atoms with Crippen molar-refractivity contribution in [1.29, 1.82) is 0 Å². The molecular weight excluding hydrogens is 100 g/mol. The molecule has 0 unspecified atom stereocenters. The van der Waals surface area contributed by atoms with Crippen LogP contribution in [0.4, 0.5) is 0 Å². The highest BCUT2D eigenvalue weighted by atomic mass is 15.0. The topological polar surface area (TPSA) is 6.02 Å². The Hall–Kier alpha value is -0.840. The van der Waals surface area contributed by atoms with Crippen molar-refractivity contribution in [2.75, 3.05) is 27.2 Å². The highest BCUT2D eigenvalue weighted by Gasteiger charge is 2.04. The predicted molar refractivity (Wildman–Crippen MR) is 32.1 cm³/mol. The van der Waals surface area contributed by atoms with Gasteiger partial charge in [0.1, 0.15) is 14.1 Å². The number of hydrogen-bond donors (Lipinski definition) is 0. The Morgan fingerprint density at radius 1 is 1.00 bits per heavy atom. The zero-order valence-electron chi connectivity index (χ0n) is 5.31. The third kappa shape index (κ3) is 1.06. The van der Waals surface area contributed by atoms with Gasteiger partial charge in [0.15, 0.2) is 0 Å². The van der Waals surface area contributed by atoms with Gasteiger partial charge in [0.2, 0.25) is 13.1 Å². The zero-order chi connectivity index (χ0) is 5.98. The van der Waals surface area contributed by atoms with Gasteiger partial charge in [-0.25, -0.2) is 0 Å². The lowest BCUT2D eigenvalue weighted by Gasteiger charge is -1.90. The first-order chi connectivity index (χ1) is 3.79. The molecule has 1 aliphatic rings. The van der Waals surface area contributed by atoms with E-state index in [1.807, 2.05) is 23.2 Å². The molecule has 42 valence electrons. The van der Waals surface area contributed by atoms with Gasteiger partial charge < -0.3 is 0 Å². The second-order valence-electron chi connectivity index (χ2n) is 2.07. The monoisotopic (exact) mass is 110 g/mol. The van der Waals surface area contributed by atoms with Crippen molar-refractivity contribution in [2.24, 2.45) is 0 Å². The van der Waals surface area contributed by atoms with E-state index in [0.29, 0.717) is 0 Å². The summed E-state index contributed by atoms with van der Waals surface area (Å²) in [5.74, 6) is 5.88. The van der Waals surface area contributed by atoms with Crippen LogP contribution in [0.1, 0.15) is 0 Å². The van der Waals surface area contributed by atoms with E-state index in [4.69, 9.17) is 0 Å². The SMILES string of the molecule is C[N+]1=C=C=[N+](C)CC1. The summed E-state index contributed by atoms with van der Waals surface area (Å²) >= 11 is 0. The molecule has 1 aliphatic heterocycles. The first-order valence-electron chi connectivity index (χ1n) is 2.72. The van der Waals surface area contributed by atoms with E-state index in [9.17, 15) is 0 Å². The minimum atomic E-state index is 1.06. The van der Waals surface area contributed by atoms with Gasteiger partial charge in [0, 0.05) is 0 Å². The fraction of sp³-hybridized carbons (Fsp3) is 0.667. The van der Waals surface area contributed by atoms with Crippen LogP contribution in [0.5, 0.6) is 0 Å². The number of nitrogens with zero attached hydrogens (tertiary/aromatic N) is 2. The third-order valence-corrected chi connectivity index (χ3v) is 1.20. The van der Waals surface area contributed by atoms with Crippen LogP contribution in [-0.4, -0.2) is 48.1 Å². The Morgan fingerprint density at radius 3 is 1.62 bits per heavy atom. The van der Waals surface area contributed by atoms with Crippen molar-refractivity contribution < 1.29 is 9.15 Å². The van der Waals surface area contributed by atoms with Crippen molar-refractivity contribution in [1.82, 2.24) is 0 Å². The van der Waals surface area contributed by atoms with Crippen molar-refractivity contribution in [2.45, 2.75) is 0 Å². The summed E-state index contributed by atoms with van der Waals surface area (Å²) in [5.41, 5.74) is 0. The first kappa shape index (κ1) is 5.30. The molecule has 8 heavy (non-hydrogen) atoms. The van der Waals surface area contributed by atoms with Crippen LogP contribution in [0.3, 0.4) is 0 Å². The van der Waals surface area contributed by atoms with Gasteiger partial charge in [-0.1, -0.05) is 0 Å². The molecule has 0 radical (unpaired) electrons. The fourth-order valence-corrected chi connectivity index (χ4v) is 0.583. The predicted octanol–water partition coefficient (Wildman–Crippen LogP) is -0.820. The molecule has 0 aliphatic carbocycles. The van der Waals surface area contributed by atoms with Gasteiger partial charge in [0.05, 0.1) is 0 Å². The van der Waals surface area contributed by atoms with Gasteiger partial charge >= 0.3 is 0 Å². The molecule has 2 nitrogen and oxygen atoms in total. The van der Waals surface area contributed by atoms with Gasteiger partial charge in [-0.3, -0.25) is 0 Å². The molecule has 1 rings (SSSR count). The quantitative estimate of drug-likeness (QED) is 0.359. The Bertz CT molecular complexity index is 169. The van der Waals surface area contributed by atoms with E-state index in [1.165, 1.54) is 0 Å². The molecule has 0 N–H and O–H groups in total. The maximum atomic E-state index is 2.94. The maximum Gasteiger partial charge on any atom is 0.292 e. The molecule has 0 spiro atoms. The van der Waals surface area contributed by atoms with E-state index in [2.05, 4.69) is 11.7 Å². The minimum Gasteiger partial charge on any atom is -0.172 e. The van der Waals surface area contributed by atoms with Crippen molar-refractivity contribution >= 4 is 11.7 Å². The number of rotatable bonds is 0. The molecule has 0 aromatic heterocycles. The maximum absolute atomic E-state index is 2.94. The highest BCUT2D eigenvalue weighted by Crippen LogP contribution is 1.70. The molecule has 0 amide bonds. The summed E-state index contributed by atoms with van der Waals surface area (Å²) in [6.07, 6.45) is 0. The lowest BCUT2D eigenvalue weighted by Crippen LogP contribution is -2.22. The van der Waals surface area contributed by atoms with E-state index >= 15 is 0 Å². The molecule has 1 heterocycles. The standard InChI is InChI=1S/C6H10N2/c1-7-3-5-8(2)6-4-7/h3,5H2,1-2H3/q+2. The highest BCUT2D eigenvalue weighted by molar-refractivity contribution is 5.82. The molecule has 0 saturated heterocycles. The molecule has 0 aromatic rings. The Kier molecular flexibility index (Phi) is 1.29. The molecule has 0 saturated carbocycles. The van der Waals surface area contributed by atoms with Crippen molar-refractivity contribution in [3.63, 3.8) is 0 Å². The second kappa shape index (κ2) is 1.95. The summed E-state index contributed by atoms with van der Waals surface area (Å²) in [5, 5.41) is 0. The first-order valence-corrected chi connectivity index (χ1v) is 2.72. The van der Waals surface area contributed by atoms with Crippen LogP contribution in [-0.2, 0) is 0 Å². The Morgan fingerprint density at radius 2 is 1.38 bits per heavy atom. The summed E-state index contributed by atoms with van der Waals surface area (Å²) < 4.78 is 4.00. The van der Waals surface area contributed by atoms with E-state index in [-0.39, 0.29) is 0 Å². The van der Waals surface area contributed by atoms with Gasteiger partial charge in [0.25, 0.3) is 11.7 Å². The smallest absolute Gasteiger partial charge is 0.172 e. The average Bonchev–Trinajstić information content (AvgIpc) is 1.77. The van der Waals surface area contributed by atoms with Crippen molar-refractivity contribution in [3.8, 4) is 0 Å². The minimum absolute atomic E-state index is 1.06. The molecule has 0 fully saturated rings. The molecular formula is C6H10N2+2. The summed E-state index contributed by atoms with van der Waals surface area (Å²) in [7, 11) is 4.00. The van der Waals surface area contributed by atoms with Crippen LogP contribution in [0.2, 0.25) is 0 Å². The summed E-state index contributed by atoms with van der Waals surface area (Å²) in [6.45, 7) is 2.12. The van der Waals surface area contributed by atoms with Crippen LogP contribution in [0, 0.1) is 0 Å². The molecule has 0 atom stereocenters. The van der Waals surface area contributed by atoms with Crippen LogP contribution < -0.4 is 0 Å². The lowest BCUT2D eigenvalue weighted by atomic mass is 10.5. The van der Waals surface area contributed by atoms with E-state index < -0.39 is 0 Å². The fourth-order valence-electron chi connectivity index (χ4n) is 0.583. The van der Waals surface area contributed by atoms with Crippen LogP contribution >= 0.6 is 0 Å². The lowest BCUT2D eigenvalue weighted by molar-refractivity contribution is -0.572. The Balaban J connectivity index is 3.02. The average molecular weight is 110 g/mol. The van der Waals surface area contributed by atoms with Gasteiger partial charge in [-0.15, -0.1) is 0 Å². The van der Waals surface area contributed by atoms with Crippen LogP contribution in [0.15, 0.2) is 0 Å². The summed E-state index contributed by atoms with van der Waals surface area (Å²) in [6, 6.07) is 0. The van der Waals surface area contributed by atoms with E-state index in [1.54, 1.807) is 0 Å². The van der Waals surface area contributed by atoms with Crippen molar-refractivity contribution in [3.05, 3.63) is 0 Å². The third-order valence-electron chi connectivity index (χ3n) is 1.20. The zero-order valence-corrected chi connectivity index (χ0v) is 5.31. The molecule has 2 heteroatoms. The van der Waals surface area contributed by atoms with E-state index in [0.717, 1.165) is 13.1 Å². The summed E-state index contributed by atoms with van der Waals surface area (Å²) in [4.78, 5) is 0. The van der Waals surface area contributed by atoms with Crippen LogP contribution in [0.25, 0.3) is 0 Å². The number of likely N-dealkylation sites (N-methyl/N-ethyl adjacent to an activating group) is 2. The molecule has 0 aromatic carbocycles. The largest absolute Gasteiger partial charge is 0.292 e. The number of hydrogen-bond acceptors (Lipinski definition) is 0. The Labute approximate surface area is 49.1 Å². The normalized spacial score (nSPS) is 17.8. The molecule has 0 bridgehead atoms.